The van der Waals surface area contributed by atoms with Crippen LogP contribution in [0, 0.1) is 10.1 Å². The topological polar surface area (TPSA) is 113 Å². The second-order valence-corrected chi connectivity index (χ2v) is 7.88. The Labute approximate surface area is 156 Å². The van der Waals surface area contributed by atoms with Crippen LogP contribution in [0.1, 0.15) is 0 Å². The van der Waals surface area contributed by atoms with Crippen LogP contribution in [0.2, 0.25) is 0 Å². The number of hydrogen-bond donors (Lipinski definition) is 1. The highest BCUT2D eigenvalue weighted by atomic mass is 32.2. The first-order valence-electron chi connectivity index (χ1n) is 8.23. The number of nitro groups is 1. The maximum absolute atomic E-state index is 12.7. The second kappa shape index (κ2) is 7.72. The number of nitrogens with zero attached hydrogens (tertiary/aromatic N) is 3. The van der Waals surface area contributed by atoms with Gasteiger partial charge in [0.1, 0.15) is 0 Å². The van der Waals surface area contributed by atoms with Crippen LogP contribution in [0.4, 0.5) is 16.2 Å². The summed E-state index contributed by atoms with van der Waals surface area (Å²) in [6.07, 6.45) is 0. The average Bonchev–Trinajstić information content (AvgIpc) is 2.69. The smallest absolute Gasteiger partial charge is 0.321 e. The fourth-order valence-electron chi connectivity index (χ4n) is 2.76. The van der Waals surface area contributed by atoms with Gasteiger partial charge in [-0.25, -0.2) is 13.2 Å². The van der Waals surface area contributed by atoms with Gasteiger partial charge in [0.25, 0.3) is 5.69 Å². The zero-order valence-corrected chi connectivity index (χ0v) is 15.1. The highest BCUT2D eigenvalue weighted by molar-refractivity contribution is 7.89. The van der Waals surface area contributed by atoms with Gasteiger partial charge >= 0.3 is 6.03 Å². The van der Waals surface area contributed by atoms with E-state index in [0.29, 0.717) is 5.69 Å². The summed E-state index contributed by atoms with van der Waals surface area (Å²) >= 11 is 0. The van der Waals surface area contributed by atoms with Crippen molar-refractivity contribution in [1.29, 1.82) is 0 Å². The number of anilines is 1. The fraction of sp³-hybridized carbons (Fsp3) is 0.235. The van der Waals surface area contributed by atoms with Crippen LogP contribution in [-0.4, -0.2) is 54.8 Å². The quantitative estimate of drug-likeness (QED) is 0.635. The number of carbonyl (C=O) groups is 1. The van der Waals surface area contributed by atoms with Gasteiger partial charge in [-0.15, -0.1) is 0 Å². The number of nitrogens with one attached hydrogen (secondary N) is 1. The summed E-state index contributed by atoms with van der Waals surface area (Å²) in [7, 11) is -3.86. The summed E-state index contributed by atoms with van der Waals surface area (Å²) in [5.74, 6) is 0. The minimum atomic E-state index is -3.86. The van der Waals surface area contributed by atoms with E-state index in [9.17, 15) is 23.3 Å². The molecule has 0 aliphatic carbocycles. The van der Waals surface area contributed by atoms with Gasteiger partial charge in [-0.05, 0) is 18.2 Å². The van der Waals surface area contributed by atoms with Crippen LogP contribution in [0.25, 0.3) is 0 Å². The van der Waals surface area contributed by atoms with E-state index in [2.05, 4.69) is 5.32 Å². The molecule has 0 aromatic heterocycles. The number of amides is 2. The number of sulfonamides is 1. The molecule has 0 spiro atoms. The van der Waals surface area contributed by atoms with Gasteiger partial charge in [0.2, 0.25) is 10.0 Å². The van der Waals surface area contributed by atoms with E-state index in [1.165, 1.54) is 27.4 Å². The van der Waals surface area contributed by atoms with E-state index in [1.54, 1.807) is 24.3 Å². The molecule has 1 heterocycles. The zero-order valence-electron chi connectivity index (χ0n) is 14.3. The van der Waals surface area contributed by atoms with Crippen molar-refractivity contribution in [2.75, 3.05) is 31.5 Å². The van der Waals surface area contributed by atoms with Crippen LogP contribution in [0.15, 0.2) is 59.5 Å². The highest BCUT2D eigenvalue weighted by Gasteiger charge is 2.31. The Morgan fingerprint density at radius 3 is 2.30 bits per heavy atom. The molecule has 2 aromatic rings. The molecular weight excluding hydrogens is 372 g/mol. The lowest BCUT2D eigenvalue weighted by Crippen LogP contribution is -2.51. The van der Waals surface area contributed by atoms with E-state index in [1.807, 2.05) is 6.07 Å². The van der Waals surface area contributed by atoms with Crippen molar-refractivity contribution in [2.45, 2.75) is 4.90 Å². The zero-order chi connectivity index (χ0) is 19.4. The van der Waals surface area contributed by atoms with E-state index in [4.69, 9.17) is 0 Å². The molecule has 2 amide bonds. The van der Waals surface area contributed by atoms with Gasteiger partial charge in [0, 0.05) is 44.0 Å². The minimum Gasteiger partial charge on any atom is -0.322 e. The van der Waals surface area contributed by atoms with E-state index in [0.717, 1.165) is 6.07 Å². The van der Waals surface area contributed by atoms with Crippen LogP contribution < -0.4 is 5.32 Å². The SMILES string of the molecule is O=C(Nc1ccccc1)N1CCN(S(=O)(=O)c2cccc([N+](=O)[O-])c2)CC1. The number of rotatable bonds is 4. The molecule has 1 N–H and O–H groups in total. The highest BCUT2D eigenvalue weighted by Crippen LogP contribution is 2.22. The lowest BCUT2D eigenvalue weighted by atomic mass is 10.3. The fourth-order valence-corrected chi connectivity index (χ4v) is 4.22. The standard InChI is InChI=1S/C17H18N4O5S/c22-17(18-14-5-2-1-3-6-14)19-9-11-20(12-10-19)27(25,26)16-8-4-7-15(13-16)21(23)24/h1-8,13H,9-12H2,(H,18,22). The largest absolute Gasteiger partial charge is 0.322 e. The van der Waals surface area contributed by atoms with Crippen molar-refractivity contribution in [2.24, 2.45) is 0 Å². The molecule has 0 radical (unpaired) electrons. The monoisotopic (exact) mass is 390 g/mol. The number of urea groups is 1. The molecule has 0 saturated carbocycles. The molecular formula is C17H18N4O5S. The third-order valence-electron chi connectivity index (χ3n) is 4.22. The molecule has 142 valence electrons. The van der Waals surface area contributed by atoms with Crippen LogP contribution in [-0.2, 0) is 10.0 Å². The van der Waals surface area contributed by atoms with Gasteiger partial charge in [0.15, 0.2) is 0 Å². The number of nitro benzene ring substituents is 1. The maximum Gasteiger partial charge on any atom is 0.321 e. The number of benzene rings is 2. The third kappa shape index (κ3) is 4.23. The van der Waals surface area contributed by atoms with E-state index >= 15 is 0 Å². The minimum absolute atomic E-state index is 0.118. The Morgan fingerprint density at radius 2 is 1.67 bits per heavy atom. The van der Waals surface area contributed by atoms with Crippen molar-refractivity contribution in [3.63, 3.8) is 0 Å². The summed E-state index contributed by atoms with van der Waals surface area (Å²) in [5, 5.41) is 13.6. The average molecular weight is 390 g/mol. The molecule has 1 saturated heterocycles. The number of carbonyl (C=O) groups excluding carboxylic acids is 1. The first kappa shape index (κ1) is 18.8. The molecule has 1 fully saturated rings. The summed E-state index contributed by atoms with van der Waals surface area (Å²) in [4.78, 5) is 23.9. The van der Waals surface area contributed by atoms with Gasteiger partial charge in [-0.2, -0.15) is 4.31 Å². The van der Waals surface area contributed by atoms with Crippen molar-refractivity contribution in [3.05, 3.63) is 64.7 Å². The van der Waals surface area contributed by atoms with E-state index in [-0.39, 0.29) is 42.8 Å². The van der Waals surface area contributed by atoms with Gasteiger partial charge < -0.3 is 10.2 Å². The number of piperazine rings is 1. The Kier molecular flexibility index (Phi) is 5.38. The lowest BCUT2D eigenvalue weighted by Gasteiger charge is -2.33. The molecule has 0 unspecified atom stereocenters. The van der Waals surface area contributed by atoms with E-state index < -0.39 is 14.9 Å². The molecule has 0 bridgehead atoms. The van der Waals surface area contributed by atoms with Gasteiger partial charge in [-0.1, -0.05) is 24.3 Å². The van der Waals surface area contributed by atoms with Gasteiger partial charge in [-0.3, -0.25) is 10.1 Å². The first-order chi connectivity index (χ1) is 12.9. The molecule has 10 heteroatoms. The van der Waals surface area contributed by atoms with Crippen LogP contribution >= 0.6 is 0 Å². The molecule has 2 aromatic carbocycles. The lowest BCUT2D eigenvalue weighted by molar-refractivity contribution is -0.385. The Morgan fingerprint density at radius 1 is 1.00 bits per heavy atom. The van der Waals surface area contributed by atoms with Crippen molar-refractivity contribution in [3.8, 4) is 0 Å². The number of non-ortho nitro benzene ring substituents is 1. The normalized spacial score (nSPS) is 15.3. The first-order valence-corrected chi connectivity index (χ1v) is 9.67. The van der Waals surface area contributed by atoms with Crippen molar-refractivity contribution in [1.82, 2.24) is 9.21 Å². The predicted molar refractivity (Wildman–Crippen MR) is 98.9 cm³/mol. The molecule has 1 aliphatic heterocycles. The Bertz CT molecular complexity index is 941. The molecule has 0 atom stereocenters. The molecule has 9 nitrogen and oxygen atoms in total. The number of hydrogen-bond acceptors (Lipinski definition) is 5. The second-order valence-electron chi connectivity index (χ2n) is 5.94. The summed E-state index contributed by atoms with van der Waals surface area (Å²) in [5.41, 5.74) is 0.381. The summed E-state index contributed by atoms with van der Waals surface area (Å²) < 4.78 is 26.7. The Hall–Kier alpha value is -2.98. The van der Waals surface area contributed by atoms with Crippen molar-refractivity contribution >= 4 is 27.4 Å². The van der Waals surface area contributed by atoms with Crippen LogP contribution in [0.5, 0.6) is 0 Å². The summed E-state index contributed by atoms with van der Waals surface area (Å²) in [6.45, 7) is 0.695. The Balaban J connectivity index is 1.65. The number of para-hydroxylation sites is 1. The maximum atomic E-state index is 12.7. The summed E-state index contributed by atoms with van der Waals surface area (Å²) in [6, 6.07) is 13.6. The molecule has 27 heavy (non-hydrogen) atoms. The predicted octanol–water partition coefficient (Wildman–Crippen LogP) is 2.13. The molecule has 3 rings (SSSR count). The molecule has 1 aliphatic rings. The van der Waals surface area contributed by atoms with Gasteiger partial charge in [0.05, 0.1) is 9.82 Å². The van der Waals surface area contributed by atoms with Crippen LogP contribution in [0.3, 0.4) is 0 Å². The third-order valence-corrected chi connectivity index (χ3v) is 6.11. The van der Waals surface area contributed by atoms with Crippen molar-refractivity contribution < 1.29 is 18.1 Å².